The first-order valence-corrected chi connectivity index (χ1v) is 10.6. The number of benzene rings is 1. The van der Waals surface area contributed by atoms with Gasteiger partial charge >= 0.3 is 0 Å². The Morgan fingerprint density at radius 1 is 1.32 bits per heavy atom. The number of rotatable bonds is 6. The summed E-state index contributed by atoms with van der Waals surface area (Å²) >= 11 is 6.24. The minimum Gasteiger partial charge on any atom is -0.383 e. The lowest BCUT2D eigenvalue weighted by atomic mass is 10.1. The van der Waals surface area contributed by atoms with Gasteiger partial charge in [-0.15, -0.1) is 0 Å². The van der Waals surface area contributed by atoms with Crippen LogP contribution >= 0.6 is 11.6 Å². The highest BCUT2D eigenvalue weighted by atomic mass is 35.5. The van der Waals surface area contributed by atoms with Crippen molar-refractivity contribution in [1.29, 1.82) is 0 Å². The highest BCUT2D eigenvalue weighted by molar-refractivity contribution is 6.31. The van der Waals surface area contributed by atoms with Crippen LogP contribution in [0.5, 0.6) is 0 Å². The van der Waals surface area contributed by atoms with Gasteiger partial charge in [-0.05, 0) is 31.0 Å². The van der Waals surface area contributed by atoms with E-state index in [0.717, 1.165) is 54.4 Å². The average molecular weight is 442 g/mol. The van der Waals surface area contributed by atoms with Crippen LogP contribution in [0.25, 0.3) is 17.0 Å². The van der Waals surface area contributed by atoms with Gasteiger partial charge in [0.2, 0.25) is 5.95 Å². The van der Waals surface area contributed by atoms with E-state index in [-0.39, 0.29) is 6.04 Å². The van der Waals surface area contributed by atoms with Gasteiger partial charge in [0.15, 0.2) is 11.6 Å². The number of fused-ring (bicyclic) bond motifs is 2. The first-order chi connectivity index (χ1) is 15.2. The van der Waals surface area contributed by atoms with E-state index in [2.05, 4.69) is 27.1 Å². The predicted octanol–water partition coefficient (Wildman–Crippen LogP) is 3.41. The number of halogens is 1. The van der Waals surface area contributed by atoms with E-state index < -0.39 is 0 Å². The summed E-state index contributed by atoms with van der Waals surface area (Å²) in [4.78, 5) is 16.4. The summed E-state index contributed by atoms with van der Waals surface area (Å²) in [6.45, 7) is 6.86. The average Bonchev–Trinajstić information content (AvgIpc) is 3.34. The molecular formula is C21H24ClN7O2. The molecule has 162 valence electrons. The van der Waals surface area contributed by atoms with E-state index in [1.807, 2.05) is 22.8 Å². The van der Waals surface area contributed by atoms with E-state index >= 15 is 0 Å². The maximum absolute atomic E-state index is 6.24. The second kappa shape index (κ2) is 8.33. The van der Waals surface area contributed by atoms with Gasteiger partial charge in [-0.1, -0.05) is 18.2 Å². The lowest BCUT2D eigenvalue weighted by Crippen LogP contribution is -2.38. The molecule has 1 aromatic carbocycles. The molecular weight excluding hydrogens is 418 g/mol. The Hall–Kier alpha value is -2.88. The molecule has 5 rings (SSSR count). The van der Waals surface area contributed by atoms with Crippen molar-refractivity contribution in [3.8, 4) is 5.95 Å². The zero-order valence-corrected chi connectivity index (χ0v) is 18.0. The van der Waals surface area contributed by atoms with Crippen molar-refractivity contribution < 1.29 is 9.47 Å². The van der Waals surface area contributed by atoms with E-state index in [1.165, 1.54) is 0 Å². The number of ether oxygens (including phenoxy) is 2. The Labute approximate surface area is 185 Å². The summed E-state index contributed by atoms with van der Waals surface area (Å²) in [5.41, 5.74) is 2.49. The van der Waals surface area contributed by atoms with Crippen molar-refractivity contribution in [3.63, 3.8) is 0 Å². The van der Waals surface area contributed by atoms with Crippen LogP contribution in [0.3, 0.4) is 0 Å². The molecule has 9 nitrogen and oxygen atoms in total. The van der Waals surface area contributed by atoms with Gasteiger partial charge in [-0.3, -0.25) is 4.57 Å². The third-order valence-corrected chi connectivity index (χ3v) is 5.78. The number of hydrogen-bond acceptors (Lipinski definition) is 8. The molecule has 0 saturated carbocycles. The second-order valence-corrected chi connectivity index (χ2v) is 7.96. The van der Waals surface area contributed by atoms with E-state index in [9.17, 15) is 0 Å². The summed E-state index contributed by atoms with van der Waals surface area (Å²) in [7, 11) is 1.67. The van der Waals surface area contributed by atoms with Gasteiger partial charge in [0.1, 0.15) is 17.8 Å². The van der Waals surface area contributed by atoms with Gasteiger partial charge in [-0.25, -0.2) is 4.98 Å². The van der Waals surface area contributed by atoms with Crippen molar-refractivity contribution in [1.82, 2.24) is 19.5 Å². The van der Waals surface area contributed by atoms with E-state index in [0.29, 0.717) is 29.9 Å². The molecule has 4 heterocycles. The summed E-state index contributed by atoms with van der Waals surface area (Å²) < 4.78 is 12.6. The largest absolute Gasteiger partial charge is 0.383 e. The summed E-state index contributed by atoms with van der Waals surface area (Å²) in [5.74, 6) is 2.79. The Kier molecular flexibility index (Phi) is 5.39. The standard InChI is InChI=1S/C21H24ClN7O2/c1-13-25-18-19(23-7-10-30-2)26-21(27-20(18)29(13)15-5-8-31-9-6-15)28-12-24-16-4-3-14(22)11-17(16)28/h3-4,11-12,15,25H,1,5-10H2,2H3,(H,23,26,27). The highest BCUT2D eigenvalue weighted by Gasteiger charge is 2.34. The molecule has 0 aliphatic carbocycles. The molecule has 0 amide bonds. The lowest BCUT2D eigenvalue weighted by molar-refractivity contribution is 0.0859. The van der Waals surface area contributed by atoms with Crippen LogP contribution in [-0.4, -0.2) is 59.0 Å². The molecule has 0 spiro atoms. The molecule has 0 unspecified atom stereocenters. The topological polar surface area (TPSA) is 89.4 Å². The van der Waals surface area contributed by atoms with Gasteiger partial charge < -0.3 is 25.0 Å². The number of aromatic nitrogens is 4. The molecule has 31 heavy (non-hydrogen) atoms. The Bertz CT molecular complexity index is 1130. The van der Waals surface area contributed by atoms with Crippen LogP contribution in [0, 0.1) is 0 Å². The van der Waals surface area contributed by atoms with Crippen LogP contribution in [0.15, 0.2) is 36.9 Å². The zero-order chi connectivity index (χ0) is 21.4. The van der Waals surface area contributed by atoms with E-state index in [4.69, 9.17) is 31.0 Å². The Morgan fingerprint density at radius 2 is 2.16 bits per heavy atom. The lowest BCUT2D eigenvalue weighted by Gasteiger charge is -2.32. The molecule has 10 heteroatoms. The van der Waals surface area contributed by atoms with Crippen LogP contribution < -0.4 is 15.5 Å². The van der Waals surface area contributed by atoms with Crippen LogP contribution in [0.2, 0.25) is 5.02 Å². The minimum atomic E-state index is 0.263. The van der Waals surface area contributed by atoms with Crippen molar-refractivity contribution in [2.24, 2.45) is 0 Å². The fraction of sp³-hybridized carbons (Fsp3) is 0.381. The normalized spacial score (nSPS) is 16.6. The summed E-state index contributed by atoms with van der Waals surface area (Å²) in [5, 5.41) is 7.37. The van der Waals surface area contributed by atoms with Crippen molar-refractivity contribution in [2.45, 2.75) is 18.9 Å². The highest BCUT2D eigenvalue weighted by Crippen LogP contribution is 2.42. The maximum atomic E-state index is 6.24. The molecule has 3 aromatic rings. The number of methoxy groups -OCH3 is 1. The molecule has 2 aliphatic heterocycles. The number of nitrogens with one attached hydrogen (secondary N) is 2. The first-order valence-electron chi connectivity index (χ1n) is 10.3. The van der Waals surface area contributed by atoms with Crippen LogP contribution in [0.1, 0.15) is 12.8 Å². The Balaban J connectivity index is 1.62. The molecule has 0 atom stereocenters. The number of hydrogen-bond donors (Lipinski definition) is 2. The first kappa shape index (κ1) is 20.0. The van der Waals surface area contributed by atoms with Gasteiger partial charge in [0.25, 0.3) is 0 Å². The molecule has 2 aromatic heterocycles. The minimum absolute atomic E-state index is 0.263. The van der Waals surface area contributed by atoms with Crippen LogP contribution in [0.4, 0.5) is 17.3 Å². The summed E-state index contributed by atoms with van der Waals surface area (Å²) in [6, 6.07) is 5.84. The SMILES string of the molecule is C=C1Nc2c(NCCOC)nc(-n3cnc4ccc(Cl)cc43)nc2N1C1CCOCC1. The van der Waals surface area contributed by atoms with Crippen molar-refractivity contribution in [3.05, 3.63) is 41.9 Å². The quantitative estimate of drug-likeness (QED) is 0.562. The van der Waals surface area contributed by atoms with Crippen LogP contribution in [-0.2, 0) is 9.47 Å². The monoisotopic (exact) mass is 441 g/mol. The molecule has 1 saturated heterocycles. The fourth-order valence-electron chi connectivity index (χ4n) is 4.04. The van der Waals surface area contributed by atoms with Crippen molar-refractivity contribution >= 4 is 40.0 Å². The number of anilines is 3. The molecule has 2 N–H and O–H groups in total. The van der Waals surface area contributed by atoms with Gasteiger partial charge in [0.05, 0.1) is 17.6 Å². The fourth-order valence-corrected chi connectivity index (χ4v) is 4.21. The number of imidazole rings is 1. The van der Waals surface area contributed by atoms with Crippen molar-refractivity contribution in [2.75, 3.05) is 49.0 Å². The molecule has 0 bridgehead atoms. The Morgan fingerprint density at radius 3 is 2.97 bits per heavy atom. The second-order valence-electron chi connectivity index (χ2n) is 7.52. The third-order valence-electron chi connectivity index (χ3n) is 5.55. The van der Waals surface area contributed by atoms with E-state index in [1.54, 1.807) is 13.4 Å². The zero-order valence-electron chi connectivity index (χ0n) is 17.3. The molecule has 0 radical (unpaired) electrons. The maximum Gasteiger partial charge on any atom is 0.239 e. The predicted molar refractivity (Wildman–Crippen MR) is 121 cm³/mol. The van der Waals surface area contributed by atoms with Gasteiger partial charge in [-0.2, -0.15) is 9.97 Å². The van der Waals surface area contributed by atoms with Gasteiger partial charge in [0, 0.05) is 37.9 Å². The smallest absolute Gasteiger partial charge is 0.239 e. The molecule has 1 fully saturated rings. The molecule has 2 aliphatic rings. The third kappa shape index (κ3) is 3.69. The summed E-state index contributed by atoms with van der Waals surface area (Å²) in [6.07, 6.45) is 3.54. The number of nitrogens with zero attached hydrogens (tertiary/aromatic N) is 5.